The lowest BCUT2D eigenvalue weighted by Gasteiger charge is -2.10. The van der Waals surface area contributed by atoms with E-state index in [2.05, 4.69) is 26.5 Å². The van der Waals surface area contributed by atoms with Crippen LogP contribution in [0.2, 0.25) is 0 Å². The van der Waals surface area contributed by atoms with Crippen LogP contribution in [-0.4, -0.2) is 0 Å². The predicted molar refractivity (Wildman–Crippen MR) is 136 cm³/mol. The number of unbranched alkanes of at least 4 members (excludes halogenated alkanes) is 20. The van der Waals surface area contributed by atoms with E-state index in [1.54, 1.807) is 0 Å². The highest BCUT2D eigenvalue weighted by molar-refractivity contribution is 4.66. The molecule has 0 aromatic heterocycles. The van der Waals surface area contributed by atoms with Gasteiger partial charge in [0.2, 0.25) is 0 Å². The van der Waals surface area contributed by atoms with Crippen molar-refractivity contribution in [3.8, 4) is 0 Å². The first-order chi connectivity index (χ1) is 14.3. The first-order valence-corrected chi connectivity index (χ1v) is 13.9. The molecule has 0 bridgehead atoms. The van der Waals surface area contributed by atoms with Crippen molar-refractivity contribution in [1.29, 1.82) is 0 Å². The summed E-state index contributed by atoms with van der Waals surface area (Å²) in [5.41, 5.74) is 0. The van der Waals surface area contributed by atoms with Crippen molar-refractivity contribution >= 4 is 0 Å². The summed E-state index contributed by atoms with van der Waals surface area (Å²) in [6.45, 7) is 8.55. The van der Waals surface area contributed by atoms with E-state index in [0.717, 1.165) is 5.92 Å². The maximum absolute atomic E-state index is 3.81. The summed E-state index contributed by atoms with van der Waals surface area (Å²) in [6, 6.07) is 0. The van der Waals surface area contributed by atoms with Crippen LogP contribution in [-0.2, 0) is 0 Å². The molecule has 0 aliphatic heterocycles. The molecule has 0 rings (SSSR count). The van der Waals surface area contributed by atoms with Crippen molar-refractivity contribution in [2.45, 2.75) is 168 Å². The van der Waals surface area contributed by atoms with Gasteiger partial charge in [-0.05, 0) is 18.8 Å². The Labute approximate surface area is 186 Å². The molecule has 0 spiro atoms. The molecule has 0 radical (unpaired) electrons. The fourth-order valence-electron chi connectivity index (χ4n) is 4.50. The average Bonchev–Trinajstić information content (AvgIpc) is 2.72. The maximum Gasteiger partial charge on any atom is -0.0353 e. The van der Waals surface area contributed by atoms with Gasteiger partial charge in [0.15, 0.2) is 0 Å². The minimum absolute atomic E-state index is 0.922. The summed E-state index contributed by atoms with van der Waals surface area (Å²) < 4.78 is 0. The van der Waals surface area contributed by atoms with Gasteiger partial charge in [0, 0.05) is 0 Å². The van der Waals surface area contributed by atoms with E-state index < -0.39 is 0 Å². The third-order valence-electron chi connectivity index (χ3n) is 6.66. The zero-order chi connectivity index (χ0) is 21.3. The van der Waals surface area contributed by atoms with E-state index in [4.69, 9.17) is 0 Å². The Bertz CT molecular complexity index is 292. The molecule has 0 heterocycles. The lowest BCUT2D eigenvalue weighted by Crippen LogP contribution is -1.94. The van der Waals surface area contributed by atoms with E-state index in [0.29, 0.717) is 0 Å². The molecule has 0 nitrogen and oxygen atoms in total. The highest BCUT2D eigenvalue weighted by Gasteiger charge is 2.01. The number of hydrogen-bond donors (Lipinski definition) is 0. The van der Waals surface area contributed by atoms with Crippen molar-refractivity contribution in [2.75, 3.05) is 0 Å². The largest absolute Gasteiger partial charge is 0.103 e. The summed E-state index contributed by atoms with van der Waals surface area (Å²) in [7, 11) is 0. The normalized spacial score (nSPS) is 12.3. The highest BCUT2D eigenvalue weighted by Crippen LogP contribution is 2.18. The van der Waals surface area contributed by atoms with Crippen molar-refractivity contribution in [1.82, 2.24) is 0 Å². The van der Waals surface area contributed by atoms with E-state index in [1.807, 2.05) is 0 Å². The Balaban J connectivity index is 3.05. The topological polar surface area (TPSA) is 0 Å². The summed E-state index contributed by atoms with van der Waals surface area (Å²) >= 11 is 0. The van der Waals surface area contributed by atoms with Gasteiger partial charge in [-0.15, -0.1) is 6.58 Å². The van der Waals surface area contributed by atoms with Crippen LogP contribution in [0.3, 0.4) is 0 Å². The highest BCUT2D eigenvalue weighted by atomic mass is 14.1. The van der Waals surface area contributed by atoms with Crippen LogP contribution < -0.4 is 0 Å². The van der Waals surface area contributed by atoms with Crippen LogP contribution in [0.25, 0.3) is 0 Å². The second-order valence-electron chi connectivity index (χ2n) is 9.83. The number of allylic oxidation sites excluding steroid dienone is 1. The molecule has 174 valence electrons. The Kier molecular flexibility index (Phi) is 25.5. The molecule has 0 aromatic carbocycles. The summed E-state index contributed by atoms with van der Waals surface area (Å²) in [5, 5.41) is 0. The molecule has 0 fully saturated rings. The van der Waals surface area contributed by atoms with Crippen LogP contribution in [0.5, 0.6) is 0 Å². The molecule has 0 saturated heterocycles. The van der Waals surface area contributed by atoms with E-state index in [9.17, 15) is 0 Å². The number of rotatable bonds is 25. The van der Waals surface area contributed by atoms with Crippen LogP contribution in [0.4, 0.5) is 0 Å². The van der Waals surface area contributed by atoms with E-state index in [1.165, 1.54) is 154 Å². The third kappa shape index (κ3) is 25.7. The molecule has 1 atom stereocenters. The molecule has 0 aromatic rings. The molecule has 1 unspecified atom stereocenters. The zero-order valence-corrected chi connectivity index (χ0v) is 20.8. The van der Waals surface area contributed by atoms with Crippen LogP contribution in [0.15, 0.2) is 12.7 Å². The predicted octanol–water partition coefficient (Wildman–Crippen LogP) is 11.2. The van der Waals surface area contributed by atoms with Gasteiger partial charge in [0.05, 0.1) is 0 Å². The first kappa shape index (κ1) is 28.7. The molecular formula is C29H58. The van der Waals surface area contributed by atoms with Crippen molar-refractivity contribution in [2.24, 2.45) is 5.92 Å². The van der Waals surface area contributed by atoms with Gasteiger partial charge in [-0.1, -0.05) is 161 Å². The average molecular weight is 407 g/mol. The van der Waals surface area contributed by atoms with Gasteiger partial charge < -0.3 is 0 Å². The Hall–Kier alpha value is -0.260. The Morgan fingerprint density at radius 1 is 0.483 bits per heavy atom. The molecular weight excluding hydrogens is 348 g/mol. The lowest BCUT2D eigenvalue weighted by molar-refractivity contribution is 0.444. The minimum atomic E-state index is 0.922. The molecule has 0 amide bonds. The summed E-state index contributed by atoms with van der Waals surface area (Å²) in [5.74, 6) is 0.922. The number of hydrogen-bond acceptors (Lipinski definition) is 0. The van der Waals surface area contributed by atoms with Crippen molar-refractivity contribution < 1.29 is 0 Å². The fourth-order valence-corrected chi connectivity index (χ4v) is 4.50. The zero-order valence-electron chi connectivity index (χ0n) is 20.8. The lowest BCUT2D eigenvalue weighted by atomic mass is 9.96. The monoisotopic (exact) mass is 406 g/mol. The summed E-state index contributed by atoms with van der Waals surface area (Å²) in [6.07, 6.45) is 36.9. The Morgan fingerprint density at radius 2 is 0.793 bits per heavy atom. The van der Waals surface area contributed by atoms with Crippen molar-refractivity contribution in [3.63, 3.8) is 0 Å². The van der Waals surface area contributed by atoms with Crippen LogP contribution in [0.1, 0.15) is 168 Å². The molecule has 0 heteroatoms. The standard InChI is InChI=1S/C29H58/c1-4-6-8-9-10-11-12-13-14-15-16-17-18-19-20-21-22-23-24-26-28-29(3)27-25-7-5-2/h5,29H,2,4,6-28H2,1,3H3. The van der Waals surface area contributed by atoms with Gasteiger partial charge in [-0.2, -0.15) is 0 Å². The quantitative estimate of drug-likeness (QED) is 0.104. The van der Waals surface area contributed by atoms with Gasteiger partial charge in [0.1, 0.15) is 0 Å². The van der Waals surface area contributed by atoms with Gasteiger partial charge in [0.25, 0.3) is 0 Å². The summed E-state index contributed by atoms with van der Waals surface area (Å²) in [4.78, 5) is 0. The fraction of sp³-hybridized carbons (Fsp3) is 0.931. The molecule has 0 aliphatic carbocycles. The molecule has 0 saturated carbocycles. The Morgan fingerprint density at radius 3 is 1.14 bits per heavy atom. The molecule has 0 N–H and O–H groups in total. The smallest absolute Gasteiger partial charge is 0.0353 e. The molecule has 0 aliphatic rings. The van der Waals surface area contributed by atoms with Crippen LogP contribution >= 0.6 is 0 Å². The first-order valence-electron chi connectivity index (χ1n) is 13.9. The van der Waals surface area contributed by atoms with Gasteiger partial charge in [-0.25, -0.2) is 0 Å². The third-order valence-corrected chi connectivity index (χ3v) is 6.66. The second kappa shape index (κ2) is 25.8. The second-order valence-corrected chi connectivity index (χ2v) is 9.83. The minimum Gasteiger partial charge on any atom is -0.103 e. The van der Waals surface area contributed by atoms with Gasteiger partial charge >= 0.3 is 0 Å². The van der Waals surface area contributed by atoms with E-state index in [-0.39, 0.29) is 0 Å². The van der Waals surface area contributed by atoms with E-state index >= 15 is 0 Å². The van der Waals surface area contributed by atoms with Gasteiger partial charge in [-0.3, -0.25) is 0 Å². The maximum atomic E-state index is 3.81. The van der Waals surface area contributed by atoms with Crippen molar-refractivity contribution in [3.05, 3.63) is 12.7 Å². The SMILES string of the molecule is C=CCCCC(C)CCCCCCCCCCCCCCCCCCCCCC. The van der Waals surface area contributed by atoms with Crippen LogP contribution in [0, 0.1) is 5.92 Å². The molecule has 29 heavy (non-hydrogen) atoms.